The molecule has 0 aliphatic carbocycles. The fourth-order valence-corrected chi connectivity index (χ4v) is 1.25. The largest absolute Gasteiger partial charge is 0.296 e. The van der Waals surface area contributed by atoms with Crippen molar-refractivity contribution >= 4 is 0 Å². The van der Waals surface area contributed by atoms with Crippen LogP contribution in [0.3, 0.4) is 0 Å². The molecule has 1 unspecified atom stereocenters. The lowest BCUT2D eigenvalue weighted by Crippen LogP contribution is -2.46. The van der Waals surface area contributed by atoms with Gasteiger partial charge in [-0.1, -0.05) is 25.6 Å². The van der Waals surface area contributed by atoms with Gasteiger partial charge < -0.3 is 0 Å². The average Bonchev–Trinajstić information content (AvgIpc) is 2.18. The van der Waals surface area contributed by atoms with Gasteiger partial charge in [-0.3, -0.25) is 4.90 Å². The Morgan fingerprint density at radius 2 is 2.00 bits per heavy atom. The molecule has 1 atom stereocenters. The van der Waals surface area contributed by atoms with Crippen LogP contribution in [0.1, 0.15) is 20.8 Å². The minimum absolute atomic E-state index is 0.515. The van der Waals surface area contributed by atoms with Gasteiger partial charge in [-0.25, -0.2) is 5.01 Å². The van der Waals surface area contributed by atoms with E-state index in [2.05, 4.69) is 35.8 Å². The number of hydrogen-bond acceptors (Lipinski definition) is 3. The summed E-state index contributed by atoms with van der Waals surface area (Å²) >= 11 is 0. The van der Waals surface area contributed by atoms with Crippen molar-refractivity contribution in [1.29, 1.82) is 0 Å². The van der Waals surface area contributed by atoms with Gasteiger partial charge in [-0.2, -0.15) is 5.11 Å². The number of likely N-dealkylation sites (N-methyl/N-ethyl adjacent to an activating group) is 1. The van der Waals surface area contributed by atoms with Gasteiger partial charge in [0.15, 0.2) is 0 Å². The number of rotatable bonds is 1. The lowest BCUT2D eigenvalue weighted by Gasteiger charge is -2.36. The summed E-state index contributed by atoms with van der Waals surface area (Å²) in [5.41, 5.74) is 1.02. The summed E-state index contributed by atoms with van der Waals surface area (Å²) in [6.45, 7) is 11.9. The van der Waals surface area contributed by atoms with Crippen LogP contribution in [0.2, 0.25) is 0 Å². The Morgan fingerprint density at radius 1 is 1.43 bits per heavy atom. The van der Waals surface area contributed by atoms with E-state index < -0.39 is 0 Å². The Balaban J connectivity index is 0.000000791. The standard InChI is InChI=1S/C8H16N4.C2H6/c1-7-6-12(10-9-3)8(2)5-11(7)4;1-2/h7H,2,5-6H2,1,3-4H3;1-2H3. The van der Waals surface area contributed by atoms with Crippen molar-refractivity contribution in [1.82, 2.24) is 9.91 Å². The van der Waals surface area contributed by atoms with Crippen LogP contribution < -0.4 is 0 Å². The monoisotopic (exact) mass is 198 g/mol. The molecule has 1 fully saturated rings. The van der Waals surface area contributed by atoms with Crippen LogP contribution in [0.4, 0.5) is 0 Å². The number of hydrogen-bond donors (Lipinski definition) is 0. The summed E-state index contributed by atoms with van der Waals surface area (Å²) in [5, 5.41) is 9.59. The molecular formula is C10H22N4. The van der Waals surface area contributed by atoms with Crippen LogP contribution in [0.5, 0.6) is 0 Å². The summed E-state index contributed by atoms with van der Waals surface area (Å²) in [6, 6.07) is 0.515. The first kappa shape index (κ1) is 13.1. The average molecular weight is 198 g/mol. The molecule has 0 amide bonds. The van der Waals surface area contributed by atoms with Crippen LogP contribution >= 0.6 is 0 Å². The van der Waals surface area contributed by atoms with Gasteiger partial charge >= 0.3 is 0 Å². The molecule has 1 aliphatic rings. The minimum atomic E-state index is 0.515. The van der Waals surface area contributed by atoms with Crippen molar-refractivity contribution in [3.05, 3.63) is 12.3 Å². The van der Waals surface area contributed by atoms with Crippen molar-refractivity contribution in [2.75, 3.05) is 27.2 Å². The predicted molar refractivity (Wildman–Crippen MR) is 60.1 cm³/mol. The number of nitrogens with zero attached hydrogens (tertiary/aromatic N) is 4. The van der Waals surface area contributed by atoms with Crippen molar-refractivity contribution in [3.63, 3.8) is 0 Å². The first-order valence-corrected chi connectivity index (χ1v) is 5.10. The predicted octanol–water partition coefficient (Wildman–Crippen LogP) is 2.16. The van der Waals surface area contributed by atoms with Crippen LogP contribution in [-0.4, -0.2) is 43.1 Å². The third-order valence-corrected chi connectivity index (χ3v) is 2.18. The van der Waals surface area contributed by atoms with Gasteiger partial charge in [0.05, 0.1) is 13.6 Å². The molecule has 1 heterocycles. The molecule has 14 heavy (non-hydrogen) atoms. The van der Waals surface area contributed by atoms with E-state index in [4.69, 9.17) is 0 Å². The van der Waals surface area contributed by atoms with E-state index in [0.717, 1.165) is 18.8 Å². The quantitative estimate of drug-likeness (QED) is 0.605. The molecule has 0 spiro atoms. The van der Waals surface area contributed by atoms with Crippen molar-refractivity contribution in [3.8, 4) is 0 Å². The van der Waals surface area contributed by atoms with Gasteiger partial charge in [-0.15, -0.1) is 0 Å². The normalized spacial score (nSPS) is 23.6. The summed E-state index contributed by atoms with van der Waals surface area (Å²) in [4.78, 5) is 2.25. The molecule has 4 nitrogen and oxygen atoms in total. The zero-order valence-electron chi connectivity index (χ0n) is 9.99. The second-order valence-corrected chi connectivity index (χ2v) is 3.20. The topological polar surface area (TPSA) is 31.2 Å². The summed E-state index contributed by atoms with van der Waals surface area (Å²) < 4.78 is 0. The highest BCUT2D eigenvalue weighted by Gasteiger charge is 2.22. The van der Waals surface area contributed by atoms with Gasteiger partial charge in [0.25, 0.3) is 0 Å². The third-order valence-electron chi connectivity index (χ3n) is 2.18. The Kier molecular flexibility index (Phi) is 6.12. The zero-order chi connectivity index (χ0) is 11.1. The highest BCUT2D eigenvalue weighted by Crippen LogP contribution is 2.15. The fraction of sp³-hybridized carbons (Fsp3) is 0.800. The van der Waals surface area contributed by atoms with E-state index in [1.54, 1.807) is 7.05 Å². The molecular weight excluding hydrogens is 176 g/mol. The van der Waals surface area contributed by atoms with Crippen LogP contribution in [0.15, 0.2) is 22.6 Å². The maximum atomic E-state index is 3.98. The zero-order valence-corrected chi connectivity index (χ0v) is 9.99. The Morgan fingerprint density at radius 3 is 2.50 bits per heavy atom. The smallest absolute Gasteiger partial charge is 0.0582 e. The first-order valence-electron chi connectivity index (χ1n) is 5.10. The van der Waals surface area contributed by atoms with Gasteiger partial charge in [0.2, 0.25) is 0 Å². The highest BCUT2D eigenvalue weighted by molar-refractivity contribution is 5.00. The molecule has 0 aromatic rings. The molecule has 1 saturated heterocycles. The molecule has 0 N–H and O–H groups in total. The lowest BCUT2D eigenvalue weighted by atomic mass is 10.2. The summed E-state index contributed by atoms with van der Waals surface area (Å²) in [5.74, 6) is 0. The Hall–Kier alpha value is -0.900. The minimum Gasteiger partial charge on any atom is -0.296 e. The fourth-order valence-electron chi connectivity index (χ4n) is 1.25. The summed E-state index contributed by atoms with van der Waals surface area (Å²) in [6.07, 6.45) is 0. The first-order chi connectivity index (χ1) is 6.65. The second-order valence-electron chi connectivity index (χ2n) is 3.20. The maximum Gasteiger partial charge on any atom is 0.0582 e. The molecule has 1 aliphatic heterocycles. The van der Waals surface area contributed by atoms with Crippen LogP contribution in [-0.2, 0) is 0 Å². The highest BCUT2D eigenvalue weighted by atomic mass is 15.6. The van der Waals surface area contributed by atoms with Crippen LogP contribution in [0, 0.1) is 0 Å². The molecule has 0 bridgehead atoms. The van der Waals surface area contributed by atoms with Crippen molar-refractivity contribution < 1.29 is 0 Å². The molecule has 0 radical (unpaired) electrons. The third kappa shape index (κ3) is 3.46. The lowest BCUT2D eigenvalue weighted by molar-refractivity contribution is 0.143. The van der Waals surface area contributed by atoms with Gasteiger partial charge in [0.1, 0.15) is 0 Å². The SMILES string of the molecule is C=C1CN(C)C(C)CN1N=NC.CC. The molecule has 0 aromatic carbocycles. The van der Waals surface area contributed by atoms with E-state index in [9.17, 15) is 0 Å². The van der Waals surface area contributed by atoms with Gasteiger partial charge in [0, 0.05) is 18.3 Å². The van der Waals surface area contributed by atoms with E-state index >= 15 is 0 Å². The van der Waals surface area contributed by atoms with E-state index in [1.807, 2.05) is 18.9 Å². The molecule has 0 saturated carbocycles. The molecule has 4 heteroatoms. The number of piperazine rings is 1. The van der Waals surface area contributed by atoms with Gasteiger partial charge in [-0.05, 0) is 14.0 Å². The Labute approximate surface area is 87.3 Å². The van der Waals surface area contributed by atoms with E-state index in [1.165, 1.54) is 0 Å². The second kappa shape index (κ2) is 6.54. The Bertz CT molecular complexity index is 200. The molecule has 0 aromatic heterocycles. The van der Waals surface area contributed by atoms with E-state index in [-0.39, 0.29) is 0 Å². The van der Waals surface area contributed by atoms with Crippen molar-refractivity contribution in [2.45, 2.75) is 26.8 Å². The van der Waals surface area contributed by atoms with E-state index in [0.29, 0.717) is 6.04 Å². The molecule has 82 valence electrons. The summed E-state index contributed by atoms with van der Waals surface area (Å²) in [7, 11) is 3.77. The maximum absolute atomic E-state index is 3.98. The van der Waals surface area contributed by atoms with Crippen molar-refractivity contribution in [2.24, 2.45) is 10.3 Å². The van der Waals surface area contributed by atoms with Crippen LogP contribution in [0.25, 0.3) is 0 Å². The molecule has 1 rings (SSSR count).